The molecule has 170 valence electrons. The molecule has 0 saturated heterocycles. The zero-order chi connectivity index (χ0) is 23.8. The molecule has 2 heterocycles. The summed E-state index contributed by atoms with van der Waals surface area (Å²) in [5, 5.41) is 0. The predicted molar refractivity (Wildman–Crippen MR) is 123 cm³/mol. The van der Waals surface area contributed by atoms with E-state index >= 15 is 0 Å². The van der Waals surface area contributed by atoms with Gasteiger partial charge in [0.25, 0.3) is 5.91 Å². The fourth-order valence-electron chi connectivity index (χ4n) is 3.94. The second kappa shape index (κ2) is 8.67. The molecule has 1 aromatic heterocycles. The maximum atomic E-state index is 14.0. The van der Waals surface area contributed by atoms with Crippen LogP contribution in [0.3, 0.4) is 0 Å². The number of ether oxygens (including phenoxy) is 1. The summed E-state index contributed by atoms with van der Waals surface area (Å²) in [4.78, 5) is 26.6. The van der Waals surface area contributed by atoms with Gasteiger partial charge in [0, 0.05) is 31.6 Å². The van der Waals surface area contributed by atoms with Gasteiger partial charge in [-0.3, -0.25) is 14.8 Å². The molecule has 0 atom stereocenters. The molecule has 2 aromatic carbocycles. The Balaban J connectivity index is 1.44. The van der Waals surface area contributed by atoms with E-state index in [0.29, 0.717) is 34.7 Å². The zero-order valence-corrected chi connectivity index (χ0v) is 18.4. The van der Waals surface area contributed by atoms with Crippen LogP contribution in [0.1, 0.15) is 39.9 Å². The molecule has 0 unspecified atom stereocenters. The monoisotopic (exact) mass is 458 g/mol. The number of carbonyl (C=O) groups is 1. The van der Waals surface area contributed by atoms with Crippen LogP contribution in [0.25, 0.3) is 16.1 Å². The number of nitrogens with zero attached hydrogens (tertiary/aromatic N) is 4. The van der Waals surface area contributed by atoms with Gasteiger partial charge in [0.2, 0.25) is 0 Å². The van der Waals surface area contributed by atoms with Crippen LogP contribution in [0.4, 0.5) is 14.5 Å². The molecular weight excluding hydrogens is 438 g/mol. The number of pyridine rings is 1. The minimum atomic E-state index is -0.543. The van der Waals surface area contributed by atoms with Gasteiger partial charge in [-0.2, -0.15) is 0 Å². The number of carbonyl (C=O) groups excluding carboxylic acids is 1. The van der Waals surface area contributed by atoms with Crippen molar-refractivity contribution in [2.75, 3.05) is 7.05 Å². The van der Waals surface area contributed by atoms with Gasteiger partial charge in [-0.15, -0.1) is 0 Å². The molecule has 2 aliphatic rings. The summed E-state index contributed by atoms with van der Waals surface area (Å²) in [6, 6.07) is 8.67. The van der Waals surface area contributed by atoms with E-state index in [-0.39, 0.29) is 30.1 Å². The Morgan fingerprint density at radius 1 is 1.24 bits per heavy atom. The van der Waals surface area contributed by atoms with Gasteiger partial charge in [0.15, 0.2) is 5.69 Å². The Bertz CT molecular complexity index is 1380. The third-order valence-electron chi connectivity index (χ3n) is 5.83. The first-order valence-corrected chi connectivity index (χ1v) is 10.8. The van der Waals surface area contributed by atoms with Crippen LogP contribution in [0.15, 0.2) is 47.6 Å². The van der Waals surface area contributed by atoms with Crippen molar-refractivity contribution in [2.45, 2.75) is 32.0 Å². The van der Waals surface area contributed by atoms with Crippen LogP contribution in [-0.4, -0.2) is 35.2 Å². The largest absolute Gasteiger partial charge is 0.488 e. The number of amides is 1. The molecule has 3 aromatic rings. The summed E-state index contributed by atoms with van der Waals surface area (Å²) in [5.41, 5.74) is 3.35. The van der Waals surface area contributed by atoms with Crippen LogP contribution in [0.5, 0.6) is 5.75 Å². The van der Waals surface area contributed by atoms with E-state index in [1.807, 2.05) is 0 Å². The van der Waals surface area contributed by atoms with Crippen LogP contribution in [0.2, 0.25) is 0 Å². The van der Waals surface area contributed by atoms with Crippen molar-refractivity contribution in [1.82, 2.24) is 9.88 Å². The summed E-state index contributed by atoms with van der Waals surface area (Å²) in [7, 11) is 1.66. The van der Waals surface area contributed by atoms with Gasteiger partial charge in [0.1, 0.15) is 23.1 Å². The van der Waals surface area contributed by atoms with Gasteiger partial charge < -0.3 is 9.64 Å². The molecule has 1 aliphatic heterocycles. The third-order valence-corrected chi connectivity index (χ3v) is 5.83. The second-order valence-electron chi connectivity index (χ2n) is 8.43. The van der Waals surface area contributed by atoms with Crippen molar-refractivity contribution in [3.63, 3.8) is 0 Å². The standard InChI is InChI=1S/C26H20F2N4O2/c1-29-19-8-16(7-18(27)10-19)25-24(34-20-4-5-20)9-17(11-31-25)26(33)32(2)14-15-3-6-23(28)22-13-30-12-21(15)22/h3,6-11,13,20H,4-5,12,14H2,2H3. The van der Waals surface area contributed by atoms with Crippen molar-refractivity contribution in [2.24, 2.45) is 4.99 Å². The number of aromatic nitrogens is 1. The van der Waals surface area contributed by atoms with E-state index in [4.69, 9.17) is 11.3 Å². The first-order chi connectivity index (χ1) is 16.4. The van der Waals surface area contributed by atoms with Crippen LogP contribution < -0.4 is 4.74 Å². The second-order valence-corrected chi connectivity index (χ2v) is 8.43. The smallest absolute Gasteiger partial charge is 0.255 e. The lowest BCUT2D eigenvalue weighted by Crippen LogP contribution is -2.27. The van der Waals surface area contributed by atoms with Gasteiger partial charge >= 0.3 is 0 Å². The summed E-state index contributed by atoms with van der Waals surface area (Å²) in [5.74, 6) is -0.773. The van der Waals surface area contributed by atoms with Crippen LogP contribution in [-0.2, 0) is 13.1 Å². The topological polar surface area (TPSA) is 59.2 Å². The molecule has 5 rings (SSSR count). The predicted octanol–water partition coefficient (Wildman–Crippen LogP) is 5.32. The van der Waals surface area contributed by atoms with Crippen LogP contribution in [0, 0.1) is 18.2 Å². The lowest BCUT2D eigenvalue weighted by molar-refractivity contribution is 0.0784. The van der Waals surface area contributed by atoms with Gasteiger partial charge in [-0.1, -0.05) is 6.07 Å². The quantitative estimate of drug-likeness (QED) is 0.470. The number of fused-ring (bicyclic) bond motifs is 1. The molecule has 1 aliphatic carbocycles. The molecule has 0 radical (unpaired) electrons. The van der Waals surface area contributed by atoms with E-state index in [9.17, 15) is 13.6 Å². The van der Waals surface area contributed by atoms with Crippen molar-refractivity contribution in [1.29, 1.82) is 0 Å². The lowest BCUT2D eigenvalue weighted by Gasteiger charge is -2.20. The number of hydrogen-bond acceptors (Lipinski definition) is 4. The Kier molecular flexibility index (Phi) is 5.54. The molecule has 1 saturated carbocycles. The van der Waals surface area contributed by atoms with Crippen molar-refractivity contribution in [3.05, 3.63) is 87.9 Å². The average Bonchev–Trinajstić information content (AvgIpc) is 3.50. The fraction of sp³-hybridized carbons (Fsp3) is 0.231. The van der Waals surface area contributed by atoms with Crippen molar-refractivity contribution < 1.29 is 18.3 Å². The molecule has 0 bridgehead atoms. The normalized spacial score (nSPS) is 13.9. The molecule has 34 heavy (non-hydrogen) atoms. The first-order valence-electron chi connectivity index (χ1n) is 10.8. The molecule has 8 heteroatoms. The minimum Gasteiger partial charge on any atom is -0.488 e. The van der Waals surface area contributed by atoms with E-state index in [1.165, 1.54) is 29.4 Å². The average molecular weight is 458 g/mol. The fourth-order valence-corrected chi connectivity index (χ4v) is 3.94. The number of halogens is 2. The Morgan fingerprint density at radius 3 is 2.82 bits per heavy atom. The third kappa shape index (κ3) is 4.25. The summed E-state index contributed by atoms with van der Waals surface area (Å²) < 4.78 is 34.0. The van der Waals surface area contributed by atoms with E-state index in [0.717, 1.165) is 30.0 Å². The molecule has 0 N–H and O–H groups in total. The number of hydrogen-bond donors (Lipinski definition) is 0. The van der Waals surface area contributed by atoms with Crippen molar-refractivity contribution in [3.8, 4) is 17.0 Å². The number of aliphatic imine (C=N–C) groups is 1. The summed E-state index contributed by atoms with van der Waals surface area (Å²) >= 11 is 0. The van der Waals surface area contributed by atoms with Gasteiger partial charge in [-0.25, -0.2) is 13.6 Å². The highest BCUT2D eigenvalue weighted by Crippen LogP contribution is 2.36. The van der Waals surface area contributed by atoms with E-state index in [1.54, 1.807) is 25.2 Å². The van der Waals surface area contributed by atoms with Gasteiger partial charge in [-0.05, 0) is 59.9 Å². The highest BCUT2D eigenvalue weighted by molar-refractivity contribution is 5.95. The molecule has 1 amide bonds. The van der Waals surface area contributed by atoms with Crippen LogP contribution >= 0.6 is 0 Å². The van der Waals surface area contributed by atoms with E-state index in [2.05, 4.69) is 14.8 Å². The molecule has 1 fully saturated rings. The molecular formula is C26H20F2N4O2. The SMILES string of the molecule is [C-]#[N+]c1cc(F)cc(-c2ncc(C(=O)N(C)Cc3ccc(F)c4c3CN=C4)cc2OC2CC2)c1. The highest BCUT2D eigenvalue weighted by Gasteiger charge is 2.27. The van der Waals surface area contributed by atoms with Gasteiger partial charge in [0.05, 0.1) is 24.8 Å². The van der Waals surface area contributed by atoms with Crippen molar-refractivity contribution >= 4 is 17.8 Å². The minimum absolute atomic E-state index is 0.0272. The zero-order valence-electron chi connectivity index (χ0n) is 18.4. The Morgan fingerprint density at radius 2 is 2.06 bits per heavy atom. The summed E-state index contributed by atoms with van der Waals surface area (Å²) in [6.45, 7) is 7.86. The van der Waals surface area contributed by atoms with E-state index < -0.39 is 5.82 Å². The lowest BCUT2D eigenvalue weighted by atomic mass is 10.0. The molecule has 0 spiro atoms. The number of benzene rings is 2. The number of rotatable bonds is 6. The highest BCUT2D eigenvalue weighted by atomic mass is 19.1. The molecule has 6 nitrogen and oxygen atoms in total. The Hall–Kier alpha value is -4.12. The maximum absolute atomic E-state index is 14.0. The first kappa shape index (κ1) is 21.7. The Labute approximate surface area is 195 Å². The maximum Gasteiger partial charge on any atom is 0.255 e. The summed E-state index contributed by atoms with van der Waals surface area (Å²) in [6.07, 6.45) is 4.76.